The molecule has 16 heavy (non-hydrogen) atoms. The predicted molar refractivity (Wildman–Crippen MR) is 63.8 cm³/mol. The first kappa shape index (κ1) is 14.9. The van der Waals surface area contributed by atoms with E-state index in [0.717, 1.165) is 0 Å². The van der Waals surface area contributed by atoms with E-state index in [1.807, 2.05) is 20.8 Å². The molecule has 0 spiro atoms. The van der Waals surface area contributed by atoms with Crippen LogP contribution in [0.15, 0.2) is 0 Å². The molecule has 0 aromatic carbocycles. The summed E-state index contributed by atoms with van der Waals surface area (Å²) in [7, 11) is 3.37. The van der Waals surface area contributed by atoms with Crippen molar-refractivity contribution in [2.45, 2.75) is 33.2 Å². The minimum absolute atomic E-state index is 0.00960. The zero-order chi connectivity index (χ0) is 12.9. The standard InChI is InChI=1S/C11H23N3O2/c1-11(2,3)9(12)10(16)13-7-6-8(15)14(4)5/h9H,6-7,12H2,1-5H3,(H,13,16)/t9-/m1/s1. The van der Waals surface area contributed by atoms with Crippen molar-refractivity contribution in [3.63, 3.8) is 0 Å². The van der Waals surface area contributed by atoms with E-state index >= 15 is 0 Å². The average Bonchev–Trinajstić information content (AvgIpc) is 2.14. The summed E-state index contributed by atoms with van der Waals surface area (Å²) in [5, 5.41) is 2.66. The summed E-state index contributed by atoms with van der Waals surface area (Å²) in [6.07, 6.45) is 0.301. The molecule has 0 saturated heterocycles. The van der Waals surface area contributed by atoms with Crippen LogP contribution in [0.1, 0.15) is 27.2 Å². The first-order valence-electron chi connectivity index (χ1n) is 5.39. The van der Waals surface area contributed by atoms with Crippen LogP contribution in [0, 0.1) is 5.41 Å². The molecule has 5 nitrogen and oxygen atoms in total. The lowest BCUT2D eigenvalue weighted by atomic mass is 9.87. The number of amides is 2. The minimum Gasteiger partial charge on any atom is -0.354 e. The molecule has 0 aromatic heterocycles. The quantitative estimate of drug-likeness (QED) is 0.710. The van der Waals surface area contributed by atoms with E-state index in [9.17, 15) is 9.59 Å². The molecule has 0 aliphatic rings. The van der Waals surface area contributed by atoms with E-state index in [2.05, 4.69) is 5.32 Å². The Bertz CT molecular complexity index is 256. The van der Waals surface area contributed by atoms with Crippen LogP contribution in [0.5, 0.6) is 0 Å². The summed E-state index contributed by atoms with van der Waals surface area (Å²) >= 11 is 0. The van der Waals surface area contributed by atoms with Crippen molar-refractivity contribution in [1.29, 1.82) is 0 Å². The van der Waals surface area contributed by atoms with E-state index in [0.29, 0.717) is 13.0 Å². The van der Waals surface area contributed by atoms with Crippen LogP contribution in [0.25, 0.3) is 0 Å². The van der Waals surface area contributed by atoms with Gasteiger partial charge < -0.3 is 16.0 Å². The maximum absolute atomic E-state index is 11.6. The monoisotopic (exact) mass is 229 g/mol. The molecule has 1 atom stereocenters. The van der Waals surface area contributed by atoms with Crippen molar-refractivity contribution >= 4 is 11.8 Å². The predicted octanol–water partition coefficient (Wildman–Crippen LogP) is -0.0457. The lowest BCUT2D eigenvalue weighted by molar-refractivity contribution is -0.129. The Hall–Kier alpha value is -1.10. The Morgan fingerprint density at radius 2 is 1.81 bits per heavy atom. The van der Waals surface area contributed by atoms with Gasteiger partial charge in [0.2, 0.25) is 11.8 Å². The number of hydrogen-bond donors (Lipinski definition) is 2. The Kier molecular flexibility index (Phi) is 5.44. The second kappa shape index (κ2) is 5.84. The van der Waals surface area contributed by atoms with Gasteiger partial charge in [-0.05, 0) is 5.41 Å². The van der Waals surface area contributed by atoms with Gasteiger partial charge in [-0.2, -0.15) is 0 Å². The Labute approximate surface area is 97.4 Å². The summed E-state index contributed by atoms with van der Waals surface area (Å²) in [4.78, 5) is 24.3. The zero-order valence-corrected chi connectivity index (χ0v) is 10.8. The van der Waals surface area contributed by atoms with Gasteiger partial charge in [0.25, 0.3) is 0 Å². The second-order valence-corrected chi connectivity index (χ2v) is 5.17. The molecule has 0 radical (unpaired) electrons. The molecule has 0 unspecified atom stereocenters. The molecular formula is C11H23N3O2. The fourth-order valence-electron chi connectivity index (χ4n) is 1.02. The lowest BCUT2D eigenvalue weighted by Gasteiger charge is -2.25. The first-order valence-corrected chi connectivity index (χ1v) is 5.39. The molecule has 0 bridgehead atoms. The van der Waals surface area contributed by atoms with Gasteiger partial charge >= 0.3 is 0 Å². The average molecular weight is 229 g/mol. The van der Waals surface area contributed by atoms with Gasteiger partial charge in [0.1, 0.15) is 0 Å². The van der Waals surface area contributed by atoms with E-state index < -0.39 is 6.04 Å². The molecule has 94 valence electrons. The molecule has 0 heterocycles. The zero-order valence-electron chi connectivity index (χ0n) is 10.8. The smallest absolute Gasteiger partial charge is 0.237 e. The van der Waals surface area contributed by atoms with Gasteiger partial charge in [-0.15, -0.1) is 0 Å². The second-order valence-electron chi connectivity index (χ2n) is 5.17. The number of carbonyl (C=O) groups is 2. The Balaban J connectivity index is 3.96. The van der Waals surface area contributed by atoms with Gasteiger partial charge in [0, 0.05) is 27.1 Å². The van der Waals surface area contributed by atoms with Gasteiger partial charge in [-0.1, -0.05) is 20.8 Å². The van der Waals surface area contributed by atoms with E-state index in [1.165, 1.54) is 4.90 Å². The number of rotatable bonds is 4. The summed E-state index contributed by atoms with van der Waals surface area (Å²) < 4.78 is 0. The van der Waals surface area contributed by atoms with Crippen LogP contribution in [0.2, 0.25) is 0 Å². The third-order valence-corrected chi connectivity index (χ3v) is 2.35. The molecule has 0 rings (SSSR count). The highest BCUT2D eigenvalue weighted by Crippen LogP contribution is 2.16. The van der Waals surface area contributed by atoms with Crippen LogP contribution < -0.4 is 11.1 Å². The molecule has 0 aliphatic carbocycles. The van der Waals surface area contributed by atoms with Gasteiger partial charge in [-0.3, -0.25) is 9.59 Å². The maximum atomic E-state index is 11.6. The molecule has 0 saturated carbocycles. The van der Waals surface area contributed by atoms with Crippen LogP contribution >= 0.6 is 0 Å². The number of nitrogens with zero attached hydrogens (tertiary/aromatic N) is 1. The summed E-state index contributed by atoms with van der Waals surface area (Å²) in [6.45, 7) is 6.05. The van der Waals surface area contributed by atoms with E-state index in [1.54, 1.807) is 14.1 Å². The van der Waals surface area contributed by atoms with E-state index in [4.69, 9.17) is 5.73 Å². The molecule has 0 aromatic rings. The fourth-order valence-corrected chi connectivity index (χ4v) is 1.02. The van der Waals surface area contributed by atoms with Crippen molar-refractivity contribution in [3.8, 4) is 0 Å². The summed E-state index contributed by atoms with van der Waals surface area (Å²) in [6, 6.07) is -0.554. The molecule has 0 aliphatic heterocycles. The normalized spacial score (nSPS) is 13.1. The number of nitrogens with one attached hydrogen (secondary N) is 1. The van der Waals surface area contributed by atoms with Gasteiger partial charge in [0.15, 0.2) is 0 Å². The third-order valence-electron chi connectivity index (χ3n) is 2.35. The van der Waals surface area contributed by atoms with Crippen LogP contribution in [0.4, 0.5) is 0 Å². The highest BCUT2D eigenvalue weighted by atomic mass is 16.2. The van der Waals surface area contributed by atoms with Crippen molar-refractivity contribution in [1.82, 2.24) is 10.2 Å². The van der Waals surface area contributed by atoms with Crippen molar-refractivity contribution in [2.24, 2.45) is 11.1 Å². The molecular weight excluding hydrogens is 206 g/mol. The number of nitrogens with two attached hydrogens (primary N) is 1. The van der Waals surface area contributed by atoms with E-state index in [-0.39, 0.29) is 17.2 Å². The summed E-state index contributed by atoms with van der Waals surface area (Å²) in [5.74, 6) is -0.219. The third kappa shape index (κ3) is 5.11. The van der Waals surface area contributed by atoms with Crippen LogP contribution in [-0.4, -0.2) is 43.4 Å². The van der Waals surface area contributed by atoms with Crippen molar-refractivity contribution < 1.29 is 9.59 Å². The molecule has 0 fully saturated rings. The summed E-state index contributed by atoms with van der Waals surface area (Å²) in [5.41, 5.74) is 5.50. The highest BCUT2D eigenvalue weighted by molar-refractivity contribution is 5.83. The highest BCUT2D eigenvalue weighted by Gasteiger charge is 2.27. The van der Waals surface area contributed by atoms with Crippen LogP contribution in [-0.2, 0) is 9.59 Å². The first-order chi connectivity index (χ1) is 7.16. The Morgan fingerprint density at radius 1 is 1.31 bits per heavy atom. The lowest BCUT2D eigenvalue weighted by Crippen LogP contribution is -2.49. The van der Waals surface area contributed by atoms with Crippen LogP contribution in [0.3, 0.4) is 0 Å². The molecule has 2 amide bonds. The number of carbonyl (C=O) groups excluding carboxylic acids is 2. The molecule has 3 N–H and O–H groups in total. The maximum Gasteiger partial charge on any atom is 0.237 e. The SMILES string of the molecule is CN(C)C(=O)CCNC(=O)[C@@H](N)C(C)(C)C. The minimum atomic E-state index is -0.554. The van der Waals surface area contributed by atoms with Crippen molar-refractivity contribution in [2.75, 3.05) is 20.6 Å². The number of hydrogen-bond acceptors (Lipinski definition) is 3. The topological polar surface area (TPSA) is 75.4 Å². The van der Waals surface area contributed by atoms with Crippen molar-refractivity contribution in [3.05, 3.63) is 0 Å². The fraction of sp³-hybridized carbons (Fsp3) is 0.818. The van der Waals surface area contributed by atoms with Gasteiger partial charge in [-0.25, -0.2) is 0 Å². The largest absolute Gasteiger partial charge is 0.354 e. The van der Waals surface area contributed by atoms with Gasteiger partial charge in [0.05, 0.1) is 6.04 Å². The Morgan fingerprint density at radius 3 is 2.19 bits per heavy atom. The molecule has 5 heteroatoms.